The molecule has 0 radical (unpaired) electrons. The molecule has 0 saturated heterocycles. The molecule has 8 rings (SSSR count). The van der Waals surface area contributed by atoms with Gasteiger partial charge in [-0.3, -0.25) is 9.09 Å². The summed E-state index contributed by atoms with van der Waals surface area (Å²) in [6.07, 6.45) is 1.99. The van der Waals surface area contributed by atoms with Gasteiger partial charge in [0.2, 0.25) is 0 Å². The molecule has 22 nitrogen and oxygen atoms in total. The third-order valence-electron chi connectivity index (χ3n) is 10.1. The molecule has 0 saturated carbocycles. The Morgan fingerprint density at radius 3 is 1.27 bits per heavy atom. The number of anilines is 2. The Labute approximate surface area is 435 Å². The number of hydrogen-bond acceptors (Lipinski definition) is 18. The number of nitrogens with zero attached hydrogens (tertiary/aromatic N) is 8. The fraction of sp³-hybridized carbons (Fsp3) is 0.227. The lowest BCUT2D eigenvalue weighted by Gasteiger charge is -2.12. The minimum atomic E-state index is -5.05. The first-order valence-electron chi connectivity index (χ1n) is 21.9. The highest BCUT2D eigenvalue weighted by molar-refractivity contribution is 7.90. The van der Waals surface area contributed by atoms with Crippen LogP contribution in [0.5, 0.6) is 23.5 Å². The first-order valence-corrected chi connectivity index (χ1v) is 30.0. The van der Waals surface area contributed by atoms with Crippen molar-refractivity contribution >= 4 is 68.6 Å². The first-order chi connectivity index (χ1) is 36.4. The van der Waals surface area contributed by atoms with Crippen LogP contribution in [0.25, 0.3) is 44.6 Å². The molecule has 34 heteroatoms. The topological polar surface area (TPSA) is 291 Å². The quantitative estimate of drug-likeness (QED) is 0.0413. The van der Waals surface area contributed by atoms with Gasteiger partial charge in [0.15, 0.2) is 48.5 Å². The summed E-state index contributed by atoms with van der Waals surface area (Å²) in [6, 6.07) is 8.99. The fourth-order valence-corrected chi connectivity index (χ4v) is 8.30. The van der Waals surface area contributed by atoms with Gasteiger partial charge >= 0.3 is 19.8 Å². The summed E-state index contributed by atoms with van der Waals surface area (Å²) in [6.45, 7) is 0.908. The first kappa shape index (κ1) is 58.5. The molecular weight excluding hydrogens is 1140 g/mol. The molecule has 0 aliphatic carbocycles. The van der Waals surface area contributed by atoms with E-state index in [0.717, 1.165) is 82.5 Å². The van der Waals surface area contributed by atoms with Gasteiger partial charge in [-0.15, -0.1) is 0 Å². The number of aromatic nitrogens is 8. The van der Waals surface area contributed by atoms with Crippen LogP contribution in [0.1, 0.15) is 0 Å². The summed E-state index contributed by atoms with van der Waals surface area (Å²) in [7, 11) is -15.0. The zero-order chi connectivity index (χ0) is 57.1. The van der Waals surface area contributed by atoms with Gasteiger partial charge in [0.1, 0.15) is 84.3 Å². The highest BCUT2D eigenvalue weighted by Gasteiger charge is 2.28. The van der Waals surface area contributed by atoms with Crippen LogP contribution in [-0.2, 0) is 51.3 Å². The molecule has 0 bridgehead atoms. The lowest BCUT2D eigenvalue weighted by Crippen LogP contribution is -2.15. The number of phosphoric acid groups is 1. The van der Waals surface area contributed by atoms with Crippen molar-refractivity contribution < 1.29 is 89.4 Å². The molecule has 4 aromatic heterocycles. The molecular formula is C44H40F8N10O12P2S2. The molecule has 4 aromatic carbocycles. The van der Waals surface area contributed by atoms with Crippen molar-refractivity contribution in [1.82, 2.24) is 39.5 Å². The highest BCUT2D eigenvalue weighted by Crippen LogP contribution is 2.42. The Bertz CT molecular complexity index is 3680. The van der Waals surface area contributed by atoms with Gasteiger partial charge in [0.25, 0.3) is 0 Å². The van der Waals surface area contributed by atoms with Gasteiger partial charge in [-0.2, -0.15) is 30.1 Å². The smallest absolute Gasteiger partial charge is 0.421 e. The monoisotopic (exact) mass is 1180 g/mol. The van der Waals surface area contributed by atoms with Crippen molar-refractivity contribution in [2.75, 3.05) is 61.1 Å². The summed E-state index contributed by atoms with van der Waals surface area (Å²) < 4.78 is 206. The predicted octanol–water partition coefficient (Wildman–Crippen LogP) is 8.18. The standard InChI is InChI=1S/C23H22F4N5O5PS.C21H18F4N5O7PS/c1-38(2,33)36-12-32-22-19(20(31-32)15-10-13(24)4-6-16(15)26)21(28-8-9-39(3,34)35)29-23(30-22)37-18-7-5-14(25)11-17(18)27;1-39(34,35)7-6-26-19-17-18(13-8-11(22)2-4-14(13)24)29-30(10-36-38(31,32)33)20(17)28-21(27-19)37-16-5-3-12(23)9-15(16)25/h4-7,10-11H,8-9,12H2,1-3H3,(H,28,29,30);2-5,8-9H,6-7,10H2,1H3,(H,26,27,28)(H2,31,32,33). The number of benzene rings is 4. The Morgan fingerprint density at radius 1 is 0.538 bits per heavy atom. The zero-order valence-corrected chi connectivity index (χ0v) is 43.9. The number of phosphoric ester groups is 1. The molecule has 78 heavy (non-hydrogen) atoms. The molecule has 8 aromatic rings. The molecule has 0 aliphatic heterocycles. The van der Waals surface area contributed by atoms with Crippen LogP contribution in [0.2, 0.25) is 0 Å². The molecule has 0 fully saturated rings. The van der Waals surface area contributed by atoms with E-state index >= 15 is 0 Å². The van der Waals surface area contributed by atoms with E-state index in [-0.39, 0.29) is 75.2 Å². The van der Waals surface area contributed by atoms with Crippen LogP contribution >= 0.6 is 15.2 Å². The van der Waals surface area contributed by atoms with Crippen molar-refractivity contribution in [3.63, 3.8) is 0 Å². The SMILES string of the molecule is CP(C)(=O)OCn1nc(-c2cc(F)ccc2F)c2c(NCCS(C)(=O)=O)nc(Oc3ccc(F)cc3F)nc21.CS(=O)(=O)CCNc1nc(Oc2ccc(F)cc2F)nc2c1c(-c1cc(F)ccc1F)nn2COP(=O)(O)O. The molecule has 0 unspecified atom stereocenters. The van der Waals surface area contributed by atoms with Gasteiger partial charge in [-0.1, -0.05) is 0 Å². The van der Waals surface area contributed by atoms with E-state index in [9.17, 15) is 61.1 Å². The normalized spacial score (nSPS) is 12.2. The second-order valence-electron chi connectivity index (χ2n) is 16.8. The minimum absolute atomic E-state index is 0.0190. The van der Waals surface area contributed by atoms with Gasteiger partial charge < -0.3 is 34.4 Å². The number of hydrogen-bond donors (Lipinski definition) is 4. The minimum Gasteiger partial charge on any atom is -0.421 e. The third kappa shape index (κ3) is 15.5. The van der Waals surface area contributed by atoms with Gasteiger partial charge in [-0.25, -0.2) is 65.9 Å². The molecule has 4 N–H and O–H groups in total. The molecule has 0 atom stereocenters. The average molecular weight is 1180 g/mol. The summed E-state index contributed by atoms with van der Waals surface area (Å²) in [5.41, 5.74) is -1.52. The zero-order valence-electron chi connectivity index (χ0n) is 40.5. The van der Waals surface area contributed by atoms with E-state index in [4.69, 9.17) is 23.8 Å². The van der Waals surface area contributed by atoms with Gasteiger partial charge in [0.05, 0.1) is 22.3 Å². The van der Waals surface area contributed by atoms with Crippen LogP contribution in [-0.4, -0.2) is 117 Å². The summed E-state index contributed by atoms with van der Waals surface area (Å²) >= 11 is 0. The second kappa shape index (κ2) is 23.4. The third-order valence-corrected chi connectivity index (χ3v) is 13.2. The van der Waals surface area contributed by atoms with Crippen molar-refractivity contribution in [3.8, 4) is 46.0 Å². The number of halogens is 8. The Morgan fingerprint density at radius 2 is 0.910 bits per heavy atom. The Hall–Kier alpha value is -7.18. The Balaban J connectivity index is 0.000000226. The van der Waals surface area contributed by atoms with Crippen molar-refractivity contribution in [1.29, 1.82) is 0 Å². The second-order valence-corrected chi connectivity index (χ2v) is 25.3. The predicted molar refractivity (Wildman–Crippen MR) is 264 cm³/mol. The molecule has 0 aliphatic rings. The summed E-state index contributed by atoms with van der Waals surface area (Å²) in [4.78, 5) is 34.8. The number of ether oxygens (including phenoxy) is 2. The highest BCUT2D eigenvalue weighted by atomic mass is 32.2. The van der Waals surface area contributed by atoms with Gasteiger partial charge in [-0.05, 0) is 60.7 Å². The van der Waals surface area contributed by atoms with Crippen LogP contribution in [0.15, 0.2) is 72.8 Å². The fourth-order valence-electron chi connectivity index (χ4n) is 6.71. The maximum Gasteiger partial charge on any atom is 0.471 e. The van der Waals surface area contributed by atoms with E-state index in [1.165, 1.54) is 13.3 Å². The molecule has 416 valence electrons. The van der Waals surface area contributed by atoms with E-state index in [1.807, 2.05) is 0 Å². The molecule has 0 amide bonds. The number of fused-ring (bicyclic) bond motifs is 2. The largest absolute Gasteiger partial charge is 0.471 e. The van der Waals surface area contributed by atoms with Gasteiger partial charge in [0, 0.05) is 62.2 Å². The van der Waals surface area contributed by atoms with Crippen LogP contribution < -0.4 is 20.1 Å². The maximum atomic E-state index is 14.8. The average Bonchev–Trinajstić information content (AvgIpc) is 3.94. The van der Waals surface area contributed by atoms with E-state index < -0.39 is 124 Å². The van der Waals surface area contributed by atoms with E-state index in [2.05, 4.69) is 45.3 Å². The molecule has 4 heterocycles. The lowest BCUT2D eigenvalue weighted by molar-refractivity contribution is 0.148. The van der Waals surface area contributed by atoms with Crippen molar-refractivity contribution in [3.05, 3.63) is 119 Å². The summed E-state index contributed by atoms with van der Waals surface area (Å²) in [5, 5.41) is 13.7. The number of rotatable bonds is 20. The lowest BCUT2D eigenvalue weighted by atomic mass is 10.1. The summed E-state index contributed by atoms with van der Waals surface area (Å²) in [5.74, 6) is -9.29. The Kier molecular flexibility index (Phi) is 17.6. The van der Waals surface area contributed by atoms with Crippen LogP contribution in [0.3, 0.4) is 0 Å². The van der Waals surface area contributed by atoms with Crippen LogP contribution in [0, 0.1) is 46.5 Å². The van der Waals surface area contributed by atoms with E-state index in [1.54, 1.807) is 0 Å². The number of nitrogens with one attached hydrogen (secondary N) is 2. The van der Waals surface area contributed by atoms with Crippen LogP contribution in [0.4, 0.5) is 46.8 Å². The molecule has 0 spiro atoms. The number of sulfone groups is 2. The maximum absolute atomic E-state index is 14.8. The van der Waals surface area contributed by atoms with Crippen molar-refractivity contribution in [2.45, 2.75) is 13.5 Å². The van der Waals surface area contributed by atoms with Crippen molar-refractivity contribution in [2.24, 2.45) is 0 Å². The van der Waals surface area contributed by atoms with E-state index in [0.29, 0.717) is 12.1 Å².